The number of alkyl halides is 2. The highest BCUT2D eigenvalue weighted by Crippen LogP contribution is 2.37. The van der Waals surface area contributed by atoms with E-state index >= 15 is 0 Å². The van der Waals surface area contributed by atoms with Crippen molar-refractivity contribution in [2.75, 3.05) is 6.54 Å². The highest BCUT2D eigenvalue weighted by molar-refractivity contribution is 6.07. The zero-order valence-corrected chi connectivity index (χ0v) is 15.3. The van der Waals surface area contributed by atoms with Gasteiger partial charge in [-0.15, -0.1) is 0 Å². The van der Waals surface area contributed by atoms with Crippen LogP contribution in [0.15, 0.2) is 71.5 Å². The molecule has 4 aromatic rings. The Morgan fingerprint density at radius 1 is 0.931 bits per heavy atom. The molecule has 4 nitrogen and oxygen atoms in total. The van der Waals surface area contributed by atoms with Crippen molar-refractivity contribution in [2.24, 2.45) is 0 Å². The number of amides is 1. The van der Waals surface area contributed by atoms with Crippen LogP contribution in [0.3, 0.4) is 0 Å². The number of H-pyrrole nitrogens is 1. The van der Waals surface area contributed by atoms with Crippen LogP contribution in [0, 0.1) is 0 Å². The van der Waals surface area contributed by atoms with E-state index in [-0.39, 0.29) is 23.1 Å². The third-order valence-corrected chi connectivity index (χ3v) is 5.42. The number of carbonyl (C=O) groups excluding carboxylic acids is 1. The Hall–Kier alpha value is -3.54. The molecule has 0 saturated carbocycles. The van der Waals surface area contributed by atoms with E-state index < -0.39 is 18.4 Å². The van der Waals surface area contributed by atoms with Gasteiger partial charge in [-0.3, -0.25) is 9.59 Å². The minimum absolute atomic E-state index is 0.0404. The molecule has 0 bridgehead atoms. The van der Waals surface area contributed by atoms with Crippen LogP contribution in [-0.4, -0.2) is 22.3 Å². The Morgan fingerprint density at radius 3 is 2.52 bits per heavy atom. The van der Waals surface area contributed by atoms with Crippen LogP contribution in [-0.2, 0) is 12.5 Å². The highest BCUT2D eigenvalue weighted by atomic mass is 19.3. The van der Waals surface area contributed by atoms with Gasteiger partial charge in [0.2, 0.25) is 0 Å². The van der Waals surface area contributed by atoms with Gasteiger partial charge in [0.05, 0.1) is 17.6 Å². The first-order chi connectivity index (χ1) is 14.0. The maximum Gasteiger partial charge on any atom is 0.290 e. The Labute approximate surface area is 164 Å². The van der Waals surface area contributed by atoms with Crippen molar-refractivity contribution in [3.8, 4) is 0 Å². The molecular formula is C23H16F2N2O2. The van der Waals surface area contributed by atoms with Crippen LogP contribution in [0.1, 0.15) is 21.5 Å². The fourth-order valence-electron chi connectivity index (χ4n) is 4.04. The van der Waals surface area contributed by atoms with Gasteiger partial charge in [-0.1, -0.05) is 42.5 Å². The van der Waals surface area contributed by atoms with Crippen LogP contribution in [0.25, 0.3) is 21.8 Å². The topological polar surface area (TPSA) is 53.2 Å². The lowest BCUT2D eigenvalue weighted by Gasteiger charge is -2.34. The second-order valence-electron chi connectivity index (χ2n) is 7.25. The first-order valence-electron chi connectivity index (χ1n) is 9.25. The van der Waals surface area contributed by atoms with Gasteiger partial charge in [0.1, 0.15) is 0 Å². The Kier molecular flexibility index (Phi) is 3.77. The maximum atomic E-state index is 14.7. The van der Waals surface area contributed by atoms with E-state index in [1.165, 1.54) is 6.07 Å². The monoisotopic (exact) mass is 390 g/mol. The number of aromatic amines is 1. The van der Waals surface area contributed by atoms with Crippen LogP contribution in [0.4, 0.5) is 8.78 Å². The van der Waals surface area contributed by atoms with Crippen molar-refractivity contribution >= 4 is 27.7 Å². The van der Waals surface area contributed by atoms with Gasteiger partial charge in [-0.05, 0) is 29.8 Å². The number of rotatable bonds is 1. The molecule has 1 aliphatic heterocycles. The van der Waals surface area contributed by atoms with Gasteiger partial charge < -0.3 is 9.88 Å². The molecule has 0 saturated heterocycles. The molecule has 0 unspecified atom stereocenters. The number of benzene rings is 3. The number of para-hydroxylation sites is 2. The van der Waals surface area contributed by atoms with E-state index in [2.05, 4.69) is 4.98 Å². The van der Waals surface area contributed by atoms with Crippen LogP contribution in [0.2, 0.25) is 0 Å². The van der Waals surface area contributed by atoms with Gasteiger partial charge in [-0.2, -0.15) is 8.78 Å². The average molecular weight is 390 g/mol. The summed E-state index contributed by atoms with van der Waals surface area (Å²) in [5, 5.41) is 0.877. The first kappa shape index (κ1) is 17.6. The molecule has 6 heteroatoms. The Bertz CT molecular complexity index is 1340. The summed E-state index contributed by atoms with van der Waals surface area (Å²) in [7, 11) is 0. The minimum Gasteiger partial charge on any atom is -0.354 e. The summed E-state index contributed by atoms with van der Waals surface area (Å²) in [5.41, 5.74) is 1.36. The molecule has 2 heterocycles. The average Bonchev–Trinajstić information content (AvgIpc) is 2.73. The van der Waals surface area contributed by atoms with E-state index in [0.717, 1.165) is 4.90 Å². The van der Waals surface area contributed by atoms with Crippen LogP contribution in [0.5, 0.6) is 0 Å². The number of pyridine rings is 1. The van der Waals surface area contributed by atoms with Crippen molar-refractivity contribution in [3.05, 3.63) is 93.6 Å². The number of halogens is 2. The molecule has 0 fully saturated rings. The first-order valence-corrected chi connectivity index (χ1v) is 9.25. The summed E-state index contributed by atoms with van der Waals surface area (Å²) in [4.78, 5) is 30.4. The second-order valence-corrected chi connectivity index (χ2v) is 7.25. The molecule has 1 aliphatic rings. The quantitative estimate of drug-likeness (QED) is 0.489. The van der Waals surface area contributed by atoms with E-state index in [9.17, 15) is 18.4 Å². The number of hydrogen-bond acceptors (Lipinski definition) is 2. The van der Waals surface area contributed by atoms with Crippen LogP contribution < -0.4 is 5.43 Å². The van der Waals surface area contributed by atoms with E-state index in [1.807, 2.05) is 0 Å². The largest absolute Gasteiger partial charge is 0.354 e. The standard InChI is InChI=1S/C23H16F2N2O2/c24-23(25)13-27(12-14-6-1-3-10-18(14)23)22(29)17-9-5-8-16-20(17)26-19-11-4-2-7-15(19)21(16)28/h1-11H,12-13H2,(H,26,28). The Morgan fingerprint density at radius 2 is 1.66 bits per heavy atom. The predicted molar refractivity (Wildman–Crippen MR) is 107 cm³/mol. The van der Waals surface area contributed by atoms with Gasteiger partial charge in [0.15, 0.2) is 5.43 Å². The van der Waals surface area contributed by atoms with Gasteiger partial charge >= 0.3 is 0 Å². The lowest BCUT2D eigenvalue weighted by atomic mass is 9.95. The van der Waals surface area contributed by atoms with E-state index in [0.29, 0.717) is 27.4 Å². The Balaban J connectivity index is 1.65. The molecule has 3 aromatic carbocycles. The summed E-state index contributed by atoms with van der Waals surface area (Å²) in [6.45, 7) is -0.601. The second kappa shape index (κ2) is 6.24. The number of hydrogen-bond donors (Lipinski definition) is 1. The lowest BCUT2D eigenvalue weighted by molar-refractivity contribution is -0.0451. The summed E-state index contributed by atoms with van der Waals surface area (Å²) in [5.74, 6) is -3.66. The molecule has 29 heavy (non-hydrogen) atoms. The molecule has 144 valence electrons. The number of nitrogens with zero attached hydrogens (tertiary/aromatic N) is 1. The molecule has 5 rings (SSSR count). The third kappa shape index (κ3) is 2.71. The molecule has 0 spiro atoms. The summed E-state index contributed by atoms with van der Waals surface area (Å²) in [6.07, 6.45) is 0. The normalized spacial score (nSPS) is 15.4. The van der Waals surface area contributed by atoms with Crippen molar-refractivity contribution in [1.82, 2.24) is 9.88 Å². The number of carbonyl (C=O) groups is 1. The summed E-state index contributed by atoms with van der Waals surface area (Å²) >= 11 is 0. The molecule has 1 N–H and O–H groups in total. The fraction of sp³-hybridized carbons (Fsp3) is 0.130. The molecule has 1 amide bonds. The summed E-state index contributed by atoms with van der Waals surface area (Å²) < 4.78 is 29.3. The van der Waals surface area contributed by atoms with Crippen molar-refractivity contribution in [2.45, 2.75) is 12.5 Å². The molecule has 1 aromatic heterocycles. The third-order valence-electron chi connectivity index (χ3n) is 5.42. The zero-order chi connectivity index (χ0) is 20.2. The van der Waals surface area contributed by atoms with Gasteiger partial charge in [-0.25, -0.2) is 0 Å². The number of fused-ring (bicyclic) bond motifs is 3. The van der Waals surface area contributed by atoms with E-state index in [1.54, 1.807) is 60.7 Å². The zero-order valence-electron chi connectivity index (χ0n) is 15.3. The van der Waals surface area contributed by atoms with Gasteiger partial charge in [0.25, 0.3) is 11.8 Å². The molecular weight excluding hydrogens is 374 g/mol. The maximum absolute atomic E-state index is 14.7. The van der Waals surface area contributed by atoms with Crippen molar-refractivity contribution in [1.29, 1.82) is 0 Å². The van der Waals surface area contributed by atoms with Gasteiger partial charge in [0, 0.05) is 28.4 Å². The molecule has 0 atom stereocenters. The fourth-order valence-corrected chi connectivity index (χ4v) is 4.04. The predicted octanol–water partition coefficient (Wildman–Crippen LogP) is 4.43. The molecule has 0 aliphatic carbocycles. The minimum atomic E-state index is -3.13. The van der Waals surface area contributed by atoms with Crippen molar-refractivity contribution < 1.29 is 13.6 Å². The summed E-state index contributed by atoms with van der Waals surface area (Å²) in [6, 6.07) is 18.1. The number of nitrogens with one attached hydrogen (secondary N) is 1. The van der Waals surface area contributed by atoms with Crippen molar-refractivity contribution in [3.63, 3.8) is 0 Å². The SMILES string of the molecule is O=C(c1cccc2c(=O)c3ccccc3[nH]c12)N1Cc2ccccc2C(F)(F)C1. The number of aromatic nitrogens is 1. The smallest absolute Gasteiger partial charge is 0.290 e. The lowest BCUT2D eigenvalue weighted by Crippen LogP contribution is -2.43. The van der Waals surface area contributed by atoms with Crippen LogP contribution >= 0.6 is 0 Å². The highest BCUT2D eigenvalue weighted by Gasteiger charge is 2.42. The van der Waals surface area contributed by atoms with E-state index in [4.69, 9.17) is 0 Å². The molecule has 0 radical (unpaired) electrons.